The maximum Gasteiger partial charge on any atom is 0.336 e. The Kier molecular flexibility index (Phi) is 6.87. The molecule has 1 atom stereocenters. The lowest BCUT2D eigenvalue weighted by atomic mass is 9.80. The van der Waals surface area contributed by atoms with Gasteiger partial charge in [-0.15, -0.1) is 12.4 Å². The average molecular weight is 372 g/mol. The lowest BCUT2D eigenvalue weighted by Crippen LogP contribution is -2.31. The van der Waals surface area contributed by atoms with Gasteiger partial charge in [-0.1, -0.05) is 29.8 Å². The molecular weight excluding hydrogens is 353 g/mol. The zero-order valence-corrected chi connectivity index (χ0v) is 15.1. The van der Waals surface area contributed by atoms with Crippen molar-refractivity contribution in [1.82, 2.24) is 5.32 Å². The average Bonchev–Trinajstić information content (AvgIpc) is 2.46. The van der Waals surface area contributed by atoms with E-state index in [9.17, 15) is 14.7 Å². The number of carboxylic acids is 1. The number of carbonyl (C=O) groups excluding carboxylic acids is 1. The number of hydrogen-bond acceptors (Lipinski definition) is 4. The van der Waals surface area contributed by atoms with Crippen LogP contribution >= 0.6 is 24.0 Å². The zero-order valence-electron chi connectivity index (χ0n) is 13.6. The molecule has 0 bridgehead atoms. The molecular formula is C17H19Cl2NO4. The van der Waals surface area contributed by atoms with Gasteiger partial charge in [0.25, 0.3) is 0 Å². The van der Waals surface area contributed by atoms with E-state index in [0.717, 1.165) is 0 Å². The van der Waals surface area contributed by atoms with Gasteiger partial charge in [-0.25, -0.2) is 9.59 Å². The summed E-state index contributed by atoms with van der Waals surface area (Å²) in [5, 5.41) is 13.0. The quantitative estimate of drug-likeness (QED) is 0.790. The molecule has 0 radical (unpaired) electrons. The highest BCUT2D eigenvalue weighted by Crippen LogP contribution is 2.41. The number of benzene rings is 1. The van der Waals surface area contributed by atoms with Crippen molar-refractivity contribution in [3.8, 4) is 0 Å². The fraction of sp³-hybridized carbons (Fsp3) is 0.294. The maximum absolute atomic E-state index is 12.4. The van der Waals surface area contributed by atoms with E-state index in [1.807, 2.05) is 0 Å². The van der Waals surface area contributed by atoms with Gasteiger partial charge in [0.2, 0.25) is 0 Å². The molecule has 1 unspecified atom stereocenters. The molecule has 0 fully saturated rings. The van der Waals surface area contributed by atoms with Gasteiger partial charge in [0.05, 0.1) is 23.7 Å². The normalized spacial score (nSPS) is 17.1. The van der Waals surface area contributed by atoms with E-state index >= 15 is 0 Å². The standard InChI is InChI=1S/C17H18ClNO4.ClH/c1-4-23-17(22)14-10(3)19-9(2)13(16(20)21)15(14)11-7-5-6-8-12(11)18;/h5-8,15,19H,4H2,1-3H3,(H,20,21);1H. The molecule has 24 heavy (non-hydrogen) atoms. The first-order valence-electron chi connectivity index (χ1n) is 7.21. The molecule has 2 rings (SSSR count). The van der Waals surface area contributed by atoms with Crippen LogP contribution in [0.25, 0.3) is 0 Å². The Hall–Kier alpha value is -1.98. The Labute approximate surface area is 151 Å². The van der Waals surface area contributed by atoms with Gasteiger partial charge >= 0.3 is 11.9 Å². The fourth-order valence-corrected chi connectivity index (χ4v) is 3.02. The van der Waals surface area contributed by atoms with Crippen molar-refractivity contribution in [3.05, 3.63) is 57.4 Å². The molecule has 0 saturated heterocycles. The van der Waals surface area contributed by atoms with Crippen LogP contribution in [-0.4, -0.2) is 23.7 Å². The third-order valence-corrected chi connectivity index (χ3v) is 4.05. The number of ether oxygens (including phenoxy) is 1. The second-order valence-electron chi connectivity index (χ2n) is 5.18. The second-order valence-corrected chi connectivity index (χ2v) is 5.59. The van der Waals surface area contributed by atoms with Crippen LogP contribution in [0.4, 0.5) is 0 Å². The molecule has 1 heterocycles. The Morgan fingerprint density at radius 3 is 2.33 bits per heavy atom. The Bertz CT molecular complexity index is 725. The first kappa shape index (κ1) is 20.1. The lowest BCUT2D eigenvalue weighted by molar-refractivity contribution is -0.138. The topological polar surface area (TPSA) is 75.6 Å². The van der Waals surface area contributed by atoms with Crippen molar-refractivity contribution in [3.63, 3.8) is 0 Å². The number of halogens is 2. The summed E-state index contributed by atoms with van der Waals surface area (Å²) in [6.45, 7) is 5.29. The van der Waals surface area contributed by atoms with Crippen LogP contribution < -0.4 is 5.32 Å². The molecule has 1 aliphatic rings. The van der Waals surface area contributed by atoms with Gasteiger partial charge in [0.15, 0.2) is 0 Å². The number of rotatable bonds is 4. The molecule has 130 valence electrons. The molecule has 0 aliphatic carbocycles. The highest BCUT2D eigenvalue weighted by atomic mass is 35.5. The van der Waals surface area contributed by atoms with Crippen LogP contribution in [0.1, 0.15) is 32.3 Å². The van der Waals surface area contributed by atoms with Crippen molar-refractivity contribution in [2.75, 3.05) is 6.61 Å². The SMILES string of the molecule is CCOC(=O)C1=C(C)NC(C)=C(C(=O)O)C1c1ccccc1Cl.Cl. The fourth-order valence-electron chi connectivity index (χ4n) is 2.78. The summed E-state index contributed by atoms with van der Waals surface area (Å²) in [6.07, 6.45) is 0. The largest absolute Gasteiger partial charge is 0.478 e. The van der Waals surface area contributed by atoms with Gasteiger partial charge in [-0.3, -0.25) is 0 Å². The molecule has 0 spiro atoms. The molecule has 0 saturated carbocycles. The number of hydrogen-bond donors (Lipinski definition) is 2. The molecule has 2 N–H and O–H groups in total. The number of carbonyl (C=O) groups is 2. The van der Waals surface area contributed by atoms with Crippen molar-refractivity contribution >= 4 is 35.9 Å². The van der Waals surface area contributed by atoms with Crippen LogP contribution in [0.5, 0.6) is 0 Å². The number of esters is 1. The Morgan fingerprint density at radius 1 is 1.21 bits per heavy atom. The number of carboxylic acid groups (broad SMARTS) is 1. The van der Waals surface area contributed by atoms with Gasteiger partial charge < -0.3 is 15.2 Å². The monoisotopic (exact) mass is 371 g/mol. The van der Waals surface area contributed by atoms with Crippen molar-refractivity contribution in [2.45, 2.75) is 26.7 Å². The van der Waals surface area contributed by atoms with Crippen LogP contribution in [0.3, 0.4) is 0 Å². The zero-order chi connectivity index (χ0) is 17.1. The number of allylic oxidation sites excluding steroid dienone is 2. The van der Waals surface area contributed by atoms with Crippen molar-refractivity contribution in [2.24, 2.45) is 0 Å². The highest BCUT2D eigenvalue weighted by molar-refractivity contribution is 6.31. The minimum absolute atomic E-state index is 0. The van der Waals surface area contributed by atoms with E-state index in [1.54, 1.807) is 45.0 Å². The van der Waals surface area contributed by atoms with E-state index in [1.165, 1.54) is 0 Å². The summed E-state index contributed by atoms with van der Waals surface area (Å²) >= 11 is 6.26. The molecule has 5 nitrogen and oxygen atoms in total. The predicted octanol–water partition coefficient (Wildman–Crippen LogP) is 3.64. The summed E-state index contributed by atoms with van der Waals surface area (Å²) < 4.78 is 5.11. The Balaban J connectivity index is 0.00000288. The molecule has 0 aromatic heterocycles. The van der Waals surface area contributed by atoms with E-state index in [4.69, 9.17) is 16.3 Å². The van der Waals surface area contributed by atoms with Crippen molar-refractivity contribution < 1.29 is 19.4 Å². The summed E-state index contributed by atoms with van der Waals surface area (Å²) in [7, 11) is 0. The third kappa shape index (κ3) is 3.74. The van der Waals surface area contributed by atoms with E-state index in [2.05, 4.69) is 5.32 Å². The Morgan fingerprint density at radius 2 is 1.79 bits per heavy atom. The molecule has 1 aliphatic heterocycles. The maximum atomic E-state index is 12.4. The summed E-state index contributed by atoms with van der Waals surface area (Å²) in [4.78, 5) is 24.2. The van der Waals surface area contributed by atoms with Crippen molar-refractivity contribution in [1.29, 1.82) is 0 Å². The first-order chi connectivity index (χ1) is 10.9. The third-order valence-electron chi connectivity index (χ3n) is 3.70. The van der Waals surface area contributed by atoms with E-state index < -0.39 is 17.9 Å². The van der Waals surface area contributed by atoms with E-state index in [-0.39, 0.29) is 30.2 Å². The van der Waals surface area contributed by atoms with Crippen LogP contribution in [0.15, 0.2) is 46.8 Å². The van der Waals surface area contributed by atoms with Crippen LogP contribution in [-0.2, 0) is 14.3 Å². The first-order valence-corrected chi connectivity index (χ1v) is 7.59. The summed E-state index contributed by atoms with van der Waals surface area (Å²) in [5.41, 5.74) is 1.97. The molecule has 1 aromatic carbocycles. The van der Waals surface area contributed by atoms with Crippen LogP contribution in [0.2, 0.25) is 5.02 Å². The van der Waals surface area contributed by atoms with Gasteiger partial charge in [0, 0.05) is 16.4 Å². The van der Waals surface area contributed by atoms with Gasteiger partial charge in [0.1, 0.15) is 0 Å². The van der Waals surface area contributed by atoms with Gasteiger partial charge in [-0.05, 0) is 32.4 Å². The number of dihydropyridines is 1. The number of nitrogens with one attached hydrogen (secondary N) is 1. The smallest absolute Gasteiger partial charge is 0.336 e. The summed E-state index contributed by atoms with van der Waals surface area (Å²) in [5.74, 6) is -2.43. The minimum Gasteiger partial charge on any atom is -0.478 e. The summed E-state index contributed by atoms with van der Waals surface area (Å²) in [6, 6.07) is 6.91. The molecule has 7 heteroatoms. The van der Waals surface area contributed by atoms with E-state index in [0.29, 0.717) is 22.0 Å². The highest BCUT2D eigenvalue weighted by Gasteiger charge is 2.37. The van der Waals surface area contributed by atoms with Gasteiger partial charge in [-0.2, -0.15) is 0 Å². The molecule has 1 aromatic rings. The van der Waals surface area contributed by atoms with Crippen LogP contribution in [0, 0.1) is 0 Å². The minimum atomic E-state index is -1.10. The predicted molar refractivity (Wildman–Crippen MR) is 94.2 cm³/mol. The molecule has 0 amide bonds. The second kappa shape index (κ2) is 8.22. The lowest BCUT2D eigenvalue weighted by Gasteiger charge is -2.30. The number of aliphatic carboxylic acids is 1.